The van der Waals surface area contributed by atoms with Crippen LogP contribution in [0.2, 0.25) is 0 Å². The van der Waals surface area contributed by atoms with Crippen molar-refractivity contribution in [1.29, 1.82) is 0 Å². The molecule has 17 heavy (non-hydrogen) atoms. The lowest BCUT2D eigenvalue weighted by Gasteiger charge is -2.18. The van der Waals surface area contributed by atoms with E-state index in [0.29, 0.717) is 0 Å². The molecule has 1 aromatic heterocycles. The maximum absolute atomic E-state index is 11.7. The summed E-state index contributed by atoms with van der Waals surface area (Å²) in [5, 5.41) is 0. The predicted octanol–water partition coefficient (Wildman–Crippen LogP) is 0.105. The summed E-state index contributed by atoms with van der Waals surface area (Å²) in [4.78, 5) is 24.9. The molecule has 1 aliphatic rings. The minimum Gasteiger partial charge on any atom is -0.378 e. The van der Waals surface area contributed by atoms with E-state index in [2.05, 4.69) is 4.98 Å². The van der Waals surface area contributed by atoms with Gasteiger partial charge in [-0.1, -0.05) is 6.92 Å². The fourth-order valence-corrected chi connectivity index (χ4v) is 2.36. The average molecular weight is 240 g/mol. The van der Waals surface area contributed by atoms with Crippen LogP contribution in [-0.4, -0.2) is 28.9 Å². The van der Waals surface area contributed by atoms with Crippen molar-refractivity contribution in [3.63, 3.8) is 0 Å². The Bertz CT molecular complexity index is 507. The quantitative estimate of drug-likeness (QED) is 0.796. The molecule has 0 aliphatic carbocycles. The molecule has 0 saturated carbocycles. The highest BCUT2D eigenvalue weighted by Crippen LogP contribution is 2.34. The molecule has 2 rings (SSSR count). The van der Waals surface area contributed by atoms with Crippen LogP contribution in [0.4, 0.5) is 0 Å². The number of rotatable bonds is 2. The molecule has 0 radical (unpaired) electrons. The summed E-state index contributed by atoms with van der Waals surface area (Å²) in [7, 11) is 1.62. The van der Waals surface area contributed by atoms with Crippen molar-refractivity contribution in [3.8, 4) is 0 Å². The average Bonchev–Trinajstić information content (AvgIpc) is 2.54. The van der Waals surface area contributed by atoms with Gasteiger partial charge in [-0.2, -0.15) is 0 Å². The Labute approximate surface area is 98.2 Å². The van der Waals surface area contributed by atoms with E-state index in [9.17, 15) is 9.59 Å². The van der Waals surface area contributed by atoms with Gasteiger partial charge in [0, 0.05) is 25.3 Å². The monoisotopic (exact) mass is 240 g/mol. The predicted molar refractivity (Wildman–Crippen MR) is 60.9 cm³/mol. The molecule has 0 bridgehead atoms. The third-order valence-electron chi connectivity index (χ3n) is 3.18. The molecule has 0 spiro atoms. The zero-order valence-corrected chi connectivity index (χ0v) is 10.0. The maximum Gasteiger partial charge on any atom is 0.330 e. The van der Waals surface area contributed by atoms with E-state index in [1.54, 1.807) is 7.11 Å². The Hall–Kier alpha value is -1.40. The lowest BCUT2D eigenvalue weighted by atomic mass is 10.0. The van der Waals surface area contributed by atoms with Gasteiger partial charge in [-0.15, -0.1) is 0 Å². The summed E-state index contributed by atoms with van der Waals surface area (Å²) in [6, 6.07) is 1.31. The van der Waals surface area contributed by atoms with Gasteiger partial charge in [-0.05, 0) is 6.92 Å². The van der Waals surface area contributed by atoms with Crippen molar-refractivity contribution in [3.05, 3.63) is 33.1 Å². The first-order valence-corrected chi connectivity index (χ1v) is 5.54. The van der Waals surface area contributed by atoms with Gasteiger partial charge in [0.05, 0.1) is 12.2 Å². The highest BCUT2D eigenvalue weighted by atomic mass is 16.6. The van der Waals surface area contributed by atoms with Crippen LogP contribution in [0.1, 0.15) is 20.1 Å². The van der Waals surface area contributed by atoms with E-state index < -0.39 is 17.5 Å². The number of nitrogens with zero attached hydrogens (tertiary/aromatic N) is 1. The smallest absolute Gasteiger partial charge is 0.330 e. The summed E-state index contributed by atoms with van der Waals surface area (Å²) < 4.78 is 12.4. The van der Waals surface area contributed by atoms with Crippen molar-refractivity contribution >= 4 is 0 Å². The second-order valence-electron chi connectivity index (χ2n) is 4.31. The highest BCUT2D eigenvalue weighted by molar-refractivity contribution is 4.90. The summed E-state index contributed by atoms with van der Waals surface area (Å²) in [6.45, 7) is 3.86. The fraction of sp³-hybridized carbons (Fsp3) is 0.636. The molecule has 4 atom stereocenters. The summed E-state index contributed by atoms with van der Waals surface area (Å²) in [6.07, 6.45) is 0.907. The molecule has 0 amide bonds. The molecule has 6 nitrogen and oxygen atoms in total. The lowest BCUT2D eigenvalue weighted by molar-refractivity contribution is -0.0199. The van der Waals surface area contributed by atoms with Crippen LogP contribution >= 0.6 is 0 Å². The van der Waals surface area contributed by atoms with Crippen LogP contribution in [0.5, 0.6) is 0 Å². The molecular formula is C11H16N2O4. The van der Waals surface area contributed by atoms with E-state index in [4.69, 9.17) is 9.47 Å². The van der Waals surface area contributed by atoms with E-state index in [-0.39, 0.29) is 18.1 Å². The molecule has 1 saturated heterocycles. The zero-order chi connectivity index (χ0) is 12.6. The third-order valence-corrected chi connectivity index (χ3v) is 3.18. The number of hydrogen-bond acceptors (Lipinski definition) is 4. The molecular weight excluding hydrogens is 224 g/mol. The fourth-order valence-electron chi connectivity index (χ4n) is 2.36. The second-order valence-corrected chi connectivity index (χ2v) is 4.31. The van der Waals surface area contributed by atoms with Gasteiger partial charge in [-0.25, -0.2) is 4.79 Å². The van der Waals surface area contributed by atoms with Crippen LogP contribution in [0.15, 0.2) is 21.9 Å². The van der Waals surface area contributed by atoms with Crippen molar-refractivity contribution in [2.75, 3.05) is 7.11 Å². The summed E-state index contributed by atoms with van der Waals surface area (Å²) in [5.41, 5.74) is -0.869. The molecule has 3 unspecified atom stereocenters. The molecule has 1 aromatic rings. The first kappa shape index (κ1) is 12.1. The number of H-pyrrole nitrogens is 1. The standard InChI is InChI=1S/C11H16N2O4/c1-6-9(16-3)7(2)17-10(6)13-5-4-8(14)12-11(13)15/h4-7,9-10H,1-3H3,(H,12,14,15)/t6?,7?,9-,10?/m0/s1. The van der Waals surface area contributed by atoms with Gasteiger partial charge in [-0.3, -0.25) is 14.3 Å². The Kier molecular flexibility index (Phi) is 3.17. The second kappa shape index (κ2) is 4.46. The van der Waals surface area contributed by atoms with Crippen molar-refractivity contribution in [1.82, 2.24) is 9.55 Å². The Morgan fingerprint density at radius 1 is 1.41 bits per heavy atom. The maximum atomic E-state index is 11.7. The SMILES string of the molecule is CO[C@@H]1C(C)OC(n2ccc(=O)[nH]c2=O)C1C. The van der Waals surface area contributed by atoms with Gasteiger partial charge < -0.3 is 9.47 Å². The van der Waals surface area contributed by atoms with Crippen LogP contribution in [0, 0.1) is 5.92 Å². The third kappa shape index (κ3) is 2.05. The van der Waals surface area contributed by atoms with Gasteiger partial charge in [0.15, 0.2) is 0 Å². The van der Waals surface area contributed by atoms with Crippen LogP contribution < -0.4 is 11.2 Å². The highest BCUT2D eigenvalue weighted by Gasteiger charge is 2.41. The number of aromatic nitrogens is 2. The number of nitrogens with one attached hydrogen (secondary N) is 1. The van der Waals surface area contributed by atoms with Crippen molar-refractivity contribution in [2.45, 2.75) is 32.3 Å². The Morgan fingerprint density at radius 3 is 2.65 bits per heavy atom. The van der Waals surface area contributed by atoms with Gasteiger partial charge in [0.1, 0.15) is 6.23 Å². The van der Waals surface area contributed by atoms with Gasteiger partial charge in [0.25, 0.3) is 5.56 Å². The molecule has 6 heteroatoms. The van der Waals surface area contributed by atoms with E-state index in [1.165, 1.54) is 16.8 Å². The largest absolute Gasteiger partial charge is 0.378 e. The van der Waals surface area contributed by atoms with E-state index in [0.717, 1.165) is 0 Å². The lowest BCUT2D eigenvalue weighted by Crippen LogP contribution is -2.34. The molecule has 2 heterocycles. The van der Waals surface area contributed by atoms with Gasteiger partial charge in [0.2, 0.25) is 0 Å². The molecule has 1 aliphatic heterocycles. The van der Waals surface area contributed by atoms with E-state index in [1.807, 2.05) is 13.8 Å². The normalized spacial score (nSPS) is 32.9. The Balaban J connectivity index is 2.36. The van der Waals surface area contributed by atoms with Crippen LogP contribution in [-0.2, 0) is 9.47 Å². The zero-order valence-electron chi connectivity index (χ0n) is 10.0. The number of hydrogen-bond donors (Lipinski definition) is 1. The first-order chi connectivity index (χ1) is 8.04. The summed E-state index contributed by atoms with van der Waals surface area (Å²) >= 11 is 0. The minimum absolute atomic E-state index is 0.0404. The summed E-state index contributed by atoms with van der Waals surface area (Å²) in [5.74, 6) is 0.0404. The van der Waals surface area contributed by atoms with Crippen LogP contribution in [0.3, 0.4) is 0 Å². The topological polar surface area (TPSA) is 73.3 Å². The molecule has 94 valence electrons. The van der Waals surface area contributed by atoms with E-state index >= 15 is 0 Å². The van der Waals surface area contributed by atoms with Crippen molar-refractivity contribution in [2.24, 2.45) is 5.92 Å². The Morgan fingerprint density at radius 2 is 2.12 bits per heavy atom. The first-order valence-electron chi connectivity index (χ1n) is 5.54. The van der Waals surface area contributed by atoms with Crippen LogP contribution in [0.25, 0.3) is 0 Å². The molecule has 1 N–H and O–H groups in total. The van der Waals surface area contributed by atoms with Crippen molar-refractivity contribution < 1.29 is 9.47 Å². The number of ether oxygens (including phenoxy) is 2. The number of methoxy groups -OCH3 is 1. The molecule has 0 aromatic carbocycles. The number of aromatic amines is 1. The molecule has 1 fully saturated rings. The minimum atomic E-state index is -0.460. The van der Waals surface area contributed by atoms with Gasteiger partial charge >= 0.3 is 5.69 Å².